The maximum atomic E-state index is 12.6. The van der Waals surface area contributed by atoms with Gasteiger partial charge in [-0.1, -0.05) is 6.42 Å². The number of halogens is 2. The Bertz CT molecular complexity index is 602. The molecule has 1 aromatic rings. The molecule has 0 spiro atoms. The number of methoxy groups -OCH3 is 2. The van der Waals surface area contributed by atoms with Crippen molar-refractivity contribution in [1.82, 2.24) is 9.80 Å². The fourth-order valence-corrected chi connectivity index (χ4v) is 4.04. The molecule has 2 atom stereocenters. The summed E-state index contributed by atoms with van der Waals surface area (Å²) in [6, 6.07) is 6.18. The molecule has 8 heteroatoms. The normalized spacial score (nSPS) is 22.2. The first kappa shape index (κ1) is 24.8. The van der Waals surface area contributed by atoms with Crippen LogP contribution in [0.1, 0.15) is 31.2 Å². The van der Waals surface area contributed by atoms with E-state index in [9.17, 15) is 4.79 Å². The lowest BCUT2D eigenvalue weighted by molar-refractivity contribution is -0.134. The Labute approximate surface area is 180 Å². The largest absolute Gasteiger partial charge is 0.497 e. The molecule has 1 amide bonds. The van der Waals surface area contributed by atoms with E-state index in [4.69, 9.17) is 15.2 Å². The second-order valence-electron chi connectivity index (χ2n) is 7.44. The molecule has 1 aliphatic heterocycles. The molecule has 28 heavy (non-hydrogen) atoms. The van der Waals surface area contributed by atoms with Crippen molar-refractivity contribution in [3.63, 3.8) is 0 Å². The van der Waals surface area contributed by atoms with Gasteiger partial charge in [0.25, 0.3) is 0 Å². The minimum Gasteiger partial charge on any atom is -0.497 e. The van der Waals surface area contributed by atoms with E-state index >= 15 is 0 Å². The van der Waals surface area contributed by atoms with Crippen LogP contribution in [0.4, 0.5) is 0 Å². The number of rotatable bonds is 6. The van der Waals surface area contributed by atoms with Gasteiger partial charge in [-0.05, 0) is 36.5 Å². The number of ether oxygens (including phenoxy) is 2. The van der Waals surface area contributed by atoms with Gasteiger partial charge in [0.05, 0.1) is 14.2 Å². The molecule has 6 nitrogen and oxygen atoms in total. The first-order valence-corrected chi connectivity index (χ1v) is 9.56. The minimum atomic E-state index is 0. The zero-order valence-corrected chi connectivity index (χ0v) is 18.4. The van der Waals surface area contributed by atoms with Crippen molar-refractivity contribution in [2.75, 3.05) is 40.4 Å². The van der Waals surface area contributed by atoms with Gasteiger partial charge in [0.2, 0.25) is 5.91 Å². The van der Waals surface area contributed by atoms with E-state index in [0.717, 1.165) is 69.0 Å². The summed E-state index contributed by atoms with van der Waals surface area (Å²) in [6.07, 6.45) is 3.95. The van der Waals surface area contributed by atoms with Gasteiger partial charge in [0.15, 0.2) is 0 Å². The van der Waals surface area contributed by atoms with Crippen molar-refractivity contribution in [3.05, 3.63) is 23.8 Å². The molecule has 1 heterocycles. The number of benzene rings is 1. The Hall–Kier alpha value is -1.21. The van der Waals surface area contributed by atoms with Crippen LogP contribution < -0.4 is 15.2 Å². The third kappa shape index (κ3) is 6.41. The average Bonchev–Trinajstić information content (AvgIpc) is 3.06. The minimum absolute atomic E-state index is 0. The molecule has 2 aliphatic rings. The van der Waals surface area contributed by atoms with Gasteiger partial charge in [-0.15, -0.1) is 24.8 Å². The van der Waals surface area contributed by atoms with Crippen LogP contribution in [0.15, 0.2) is 18.2 Å². The second kappa shape index (κ2) is 11.7. The first-order chi connectivity index (χ1) is 12.6. The van der Waals surface area contributed by atoms with Crippen LogP contribution in [0, 0.1) is 5.92 Å². The van der Waals surface area contributed by atoms with Crippen molar-refractivity contribution in [2.24, 2.45) is 11.7 Å². The number of nitrogens with two attached hydrogens (primary N) is 1. The molecule has 1 saturated carbocycles. The van der Waals surface area contributed by atoms with E-state index in [1.807, 2.05) is 23.1 Å². The zero-order valence-electron chi connectivity index (χ0n) is 16.8. The summed E-state index contributed by atoms with van der Waals surface area (Å²) < 4.78 is 10.7. The average molecular weight is 434 g/mol. The third-order valence-electron chi connectivity index (χ3n) is 5.70. The van der Waals surface area contributed by atoms with Gasteiger partial charge in [-0.3, -0.25) is 9.69 Å². The lowest BCUT2D eigenvalue weighted by Gasteiger charge is -2.35. The molecular formula is C20H33Cl2N3O3. The van der Waals surface area contributed by atoms with E-state index < -0.39 is 0 Å². The van der Waals surface area contributed by atoms with Crippen molar-refractivity contribution < 1.29 is 14.3 Å². The summed E-state index contributed by atoms with van der Waals surface area (Å²) in [7, 11) is 3.33. The summed E-state index contributed by atoms with van der Waals surface area (Å²) in [6.45, 7) is 4.21. The van der Waals surface area contributed by atoms with Crippen LogP contribution in [0.2, 0.25) is 0 Å². The molecular weight excluding hydrogens is 401 g/mol. The number of hydrogen-bond donors (Lipinski definition) is 1. The summed E-state index contributed by atoms with van der Waals surface area (Å²) >= 11 is 0. The molecule has 2 N–H and O–H groups in total. The molecule has 1 saturated heterocycles. The van der Waals surface area contributed by atoms with Crippen molar-refractivity contribution in [3.8, 4) is 11.5 Å². The van der Waals surface area contributed by atoms with Crippen LogP contribution >= 0.6 is 24.8 Å². The fourth-order valence-electron chi connectivity index (χ4n) is 4.04. The van der Waals surface area contributed by atoms with E-state index in [1.165, 1.54) is 0 Å². The van der Waals surface area contributed by atoms with E-state index in [2.05, 4.69) is 4.90 Å². The van der Waals surface area contributed by atoms with Gasteiger partial charge < -0.3 is 20.1 Å². The topological polar surface area (TPSA) is 68.0 Å². The lowest BCUT2D eigenvalue weighted by Crippen LogP contribution is -2.49. The predicted octanol–water partition coefficient (Wildman–Crippen LogP) is 2.71. The highest BCUT2D eigenvalue weighted by atomic mass is 35.5. The summed E-state index contributed by atoms with van der Waals surface area (Å²) in [5.41, 5.74) is 7.28. The monoisotopic (exact) mass is 433 g/mol. The number of amides is 1. The SMILES string of the molecule is COc1cc(CN2CCN(C(=O)C[C@@H]3CCC[C@H]3N)CC2)cc(OC)c1.Cl.Cl. The molecule has 0 bridgehead atoms. The van der Waals surface area contributed by atoms with Gasteiger partial charge in [0, 0.05) is 51.3 Å². The Morgan fingerprint density at radius 3 is 2.14 bits per heavy atom. The first-order valence-electron chi connectivity index (χ1n) is 9.56. The molecule has 0 radical (unpaired) electrons. The van der Waals surface area contributed by atoms with Crippen LogP contribution in [0.5, 0.6) is 11.5 Å². The molecule has 0 aromatic heterocycles. The number of carbonyl (C=O) groups is 1. The van der Waals surface area contributed by atoms with Crippen LogP contribution in [-0.4, -0.2) is 62.1 Å². The summed E-state index contributed by atoms with van der Waals surface area (Å²) in [5, 5.41) is 0. The highest BCUT2D eigenvalue weighted by Gasteiger charge is 2.29. The van der Waals surface area contributed by atoms with E-state index in [0.29, 0.717) is 12.3 Å². The lowest BCUT2D eigenvalue weighted by atomic mass is 9.99. The van der Waals surface area contributed by atoms with Gasteiger partial charge in [-0.25, -0.2) is 0 Å². The Morgan fingerprint density at radius 1 is 1.04 bits per heavy atom. The molecule has 1 aromatic carbocycles. The molecule has 1 aliphatic carbocycles. The Kier molecular flexibility index (Phi) is 10.4. The standard InChI is InChI=1S/C20H31N3O3.2ClH/c1-25-17-10-15(11-18(13-17)26-2)14-22-6-8-23(9-7-22)20(24)12-16-4-3-5-19(16)21;;/h10-11,13,16,19H,3-9,12,14,21H2,1-2H3;2*1H/t16-,19+;;/m0../s1. The summed E-state index contributed by atoms with van der Waals surface area (Å²) in [4.78, 5) is 16.9. The number of nitrogens with zero attached hydrogens (tertiary/aromatic N) is 2. The third-order valence-corrected chi connectivity index (χ3v) is 5.70. The molecule has 3 rings (SSSR count). The zero-order chi connectivity index (χ0) is 18.5. The van der Waals surface area contributed by atoms with Crippen LogP contribution in [0.3, 0.4) is 0 Å². The second-order valence-corrected chi connectivity index (χ2v) is 7.44. The maximum Gasteiger partial charge on any atom is 0.222 e. The number of piperazine rings is 1. The van der Waals surface area contributed by atoms with E-state index in [1.54, 1.807) is 14.2 Å². The van der Waals surface area contributed by atoms with Crippen molar-refractivity contribution in [2.45, 2.75) is 38.3 Å². The quantitative estimate of drug-likeness (QED) is 0.746. The Balaban J connectivity index is 0.00000196. The highest BCUT2D eigenvalue weighted by Crippen LogP contribution is 2.28. The number of hydrogen-bond acceptors (Lipinski definition) is 5. The van der Waals surface area contributed by atoms with Crippen molar-refractivity contribution >= 4 is 30.7 Å². The van der Waals surface area contributed by atoms with E-state index in [-0.39, 0.29) is 36.8 Å². The maximum absolute atomic E-state index is 12.6. The van der Waals surface area contributed by atoms with Gasteiger partial charge in [0.1, 0.15) is 11.5 Å². The van der Waals surface area contributed by atoms with Crippen molar-refractivity contribution in [1.29, 1.82) is 0 Å². The summed E-state index contributed by atoms with van der Waals surface area (Å²) in [5.74, 6) is 2.27. The van der Waals surface area contributed by atoms with Gasteiger partial charge in [-0.2, -0.15) is 0 Å². The fraction of sp³-hybridized carbons (Fsp3) is 0.650. The number of carbonyl (C=O) groups excluding carboxylic acids is 1. The molecule has 0 unspecified atom stereocenters. The van der Waals surface area contributed by atoms with Gasteiger partial charge >= 0.3 is 0 Å². The van der Waals surface area contributed by atoms with Crippen LogP contribution in [-0.2, 0) is 11.3 Å². The predicted molar refractivity (Wildman–Crippen MR) is 116 cm³/mol. The highest BCUT2D eigenvalue weighted by molar-refractivity contribution is 5.85. The smallest absolute Gasteiger partial charge is 0.222 e. The Morgan fingerprint density at radius 2 is 1.64 bits per heavy atom. The molecule has 160 valence electrons. The molecule has 2 fully saturated rings. The van der Waals surface area contributed by atoms with Crippen LogP contribution in [0.25, 0.3) is 0 Å².